The van der Waals surface area contributed by atoms with E-state index in [1.54, 1.807) is 5.57 Å². The molecule has 0 heterocycles. The van der Waals surface area contributed by atoms with Gasteiger partial charge in [-0.05, 0) is 86.9 Å². The minimum absolute atomic E-state index is 0.392. The molecule has 3 fully saturated rings. The molecule has 0 aliphatic heterocycles. The molecule has 2 heteroatoms. The van der Waals surface area contributed by atoms with Gasteiger partial charge in [-0.15, -0.1) is 0 Å². The number of hydrogen-bond donors (Lipinski definition) is 0. The van der Waals surface area contributed by atoms with E-state index >= 15 is 0 Å². The molecule has 0 aromatic carbocycles. The number of rotatable bonds is 1. The van der Waals surface area contributed by atoms with E-state index in [1.165, 1.54) is 44.9 Å². The molecule has 0 amide bonds. The first-order valence-corrected chi connectivity index (χ1v) is 10.6. The summed E-state index contributed by atoms with van der Waals surface area (Å²) in [7, 11) is 0.392. The average molecular weight is 330 g/mol. The van der Waals surface area contributed by atoms with E-state index in [0.717, 1.165) is 24.2 Å². The van der Waals surface area contributed by atoms with Crippen LogP contribution in [-0.4, -0.2) is 5.66 Å². The Morgan fingerprint density at radius 2 is 2.00 bits per heavy atom. The Morgan fingerprint density at radius 3 is 2.74 bits per heavy atom. The fourth-order valence-electron chi connectivity index (χ4n) is 6.93. The largest absolute Gasteiger partial charge is 0.275 e. The zero-order chi connectivity index (χ0) is 16.2. The SMILES string of the molecule is CC=C1CC[C@H]2[C@@H]3CC[C@@H]4CC(P=O)CC[C@]4(C)C3=CC[C@]12C. The average Bonchev–Trinajstić information content (AvgIpc) is 2.90. The maximum atomic E-state index is 11.4. The fraction of sp³-hybridized carbons (Fsp3) is 0.810. The first-order valence-electron chi connectivity index (χ1n) is 9.71. The summed E-state index contributed by atoms with van der Waals surface area (Å²) in [6.45, 7) is 7.32. The van der Waals surface area contributed by atoms with Gasteiger partial charge in [-0.2, -0.15) is 0 Å². The van der Waals surface area contributed by atoms with E-state index in [-0.39, 0.29) is 0 Å². The van der Waals surface area contributed by atoms with Crippen LogP contribution in [0.2, 0.25) is 0 Å². The van der Waals surface area contributed by atoms with Crippen LogP contribution in [0.1, 0.15) is 72.1 Å². The molecule has 0 spiro atoms. The second-order valence-electron chi connectivity index (χ2n) is 9.07. The monoisotopic (exact) mass is 330 g/mol. The van der Waals surface area contributed by atoms with Gasteiger partial charge in [-0.25, -0.2) is 0 Å². The van der Waals surface area contributed by atoms with Crippen LogP contribution in [0.25, 0.3) is 0 Å². The summed E-state index contributed by atoms with van der Waals surface area (Å²) in [5.74, 6) is 2.48. The Labute approximate surface area is 143 Å². The Morgan fingerprint density at radius 1 is 1.17 bits per heavy atom. The molecule has 4 aliphatic carbocycles. The highest BCUT2D eigenvalue weighted by atomic mass is 31.1. The Kier molecular flexibility index (Phi) is 3.88. The third-order valence-electron chi connectivity index (χ3n) is 8.35. The summed E-state index contributed by atoms with van der Waals surface area (Å²) < 4.78 is 11.4. The molecule has 0 saturated heterocycles. The molecular weight excluding hydrogens is 299 g/mol. The summed E-state index contributed by atoms with van der Waals surface area (Å²) >= 11 is 0. The Balaban J connectivity index is 1.68. The van der Waals surface area contributed by atoms with Crippen molar-refractivity contribution in [2.75, 3.05) is 0 Å². The molecule has 6 atom stereocenters. The minimum atomic E-state index is 0.392. The highest BCUT2D eigenvalue weighted by molar-refractivity contribution is 7.24. The predicted octanol–water partition coefficient (Wildman–Crippen LogP) is 6.56. The molecule has 4 rings (SSSR count). The van der Waals surface area contributed by atoms with Crippen LogP contribution in [0.4, 0.5) is 0 Å². The van der Waals surface area contributed by atoms with Crippen molar-refractivity contribution in [1.29, 1.82) is 0 Å². The van der Waals surface area contributed by atoms with Gasteiger partial charge < -0.3 is 0 Å². The number of fused-ring (bicyclic) bond motifs is 5. The molecule has 0 aromatic heterocycles. The Bertz CT molecular complexity index is 576. The molecule has 0 radical (unpaired) electrons. The van der Waals surface area contributed by atoms with E-state index in [0.29, 0.717) is 24.9 Å². The van der Waals surface area contributed by atoms with Gasteiger partial charge in [0.15, 0.2) is 8.46 Å². The molecule has 0 aromatic rings. The van der Waals surface area contributed by atoms with Crippen LogP contribution < -0.4 is 0 Å². The van der Waals surface area contributed by atoms with Crippen LogP contribution in [0.5, 0.6) is 0 Å². The normalized spacial score (nSPS) is 51.1. The van der Waals surface area contributed by atoms with Crippen molar-refractivity contribution in [3.8, 4) is 0 Å². The van der Waals surface area contributed by atoms with E-state index in [9.17, 15) is 4.57 Å². The highest BCUT2D eigenvalue weighted by Crippen LogP contribution is 2.65. The lowest BCUT2D eigenvalue weighted by atomic mass is 9.49. The topological polar surface area (TPSA) is 17.1 Å². The minimum Gasteiger partial charge on any atom is -0.275 e. The molecule has 23 heavy (non-hydrogen) atoms. The standard InChI is InChI=1S/C21H31OP/c1-4-14-6-8-18-17-7-5-15-13-16(23-22)9-11-21(15,3)19(17)10-12-20(14,18)2/h4,10,15-18H,5-9,11-13H2,1-3H3/t15-,16?,17+,18+,20-,21+/m1/s1. The summed E-state index contributed by atoms with van der Waals surface area (Å²) in [6, 6.07) is 0. The van der Waals surface area contributed by atoms with Crippen molar-refractivity contribution in [1.82, 2.24) is 0 Å². The van der Waals surface area contributed by atoms with Gasteiger partial charge in [0.1, 0.15) is 0 Å². The molecule has 126 valence electrons. The fourth-order valence-corrected chi connectivity index (χ4v) is 7.50. The van der Waals surface area contributed by atoms with Crippen molar-refractivity contribution in [2.24, 2.45) is 28.6 Å². The zero-order valence-electron chi connectivity index (χ0n) is 15.0. The van der Waals surface area contributed by atoms with Crippen LogP contribution in [0.3, 0.4) is 0 Å². The molecule has 1 nitrogen and oxygen atoms in total. The smallest absolute Gasteiger partial charge is 0.158 e. The maximum Gasteiger partial charge on any atom is 0.158 e. The van der Waals surface area contributed by atoms with Gasteiger partial charge in [-0.1, -0.05) is 37.1 Å². The second-order valence-corrected chi connectivity index (χ2v) is 10.0. The molecule has 3 saturated carbocycles. The van der Waals surface area contributed by atoms with Crippen LogP contribution in [0.15, 0.2) is 23.3 Å². The lowest BCUT2D eigenvalue weighted by Gasteiger charge is -2.56. The zero-order valence-corrected chi connectivity index (χ0v) is 15.9. The van der Waals surface area contributed by atoms with Crippen molar-refractivity contribution in [2.45, 2.75) is 77.8 Å². The summed E-state index contributed by atoms with van der Waals surface area (Å²) in [5.41, 5.74) is 4.81. The third-order valence-corrected chi connectivity index (χ3v) is 9.11. The summed E-state index contributed by atoms with van der Waals surface area (Å²) in [5, 5.41) is 0. The molecular formula is C21H31OP. The van der Waals surface area contributed by atoms with Gasteiger partial charge in [0, 0.05) is 5.66 Å². The maximum absolute atomic E-state index is 11.4. The molecule has 0 N–H and O–H groups in total. The lowest BCUT2D eigenvalue weighted by molar-refractivity contribution is 0.0526. The highest BCUT2D eigenvalue weighted by Gasteiger charge is 2.55. The van der Waals surface area contributed by atoms with Crippen molar-refractivity contribution in [3.63, 3.8) is 0 Å². The Hall–Kier alpha value is -0.420. The summed E-state index contributed by atoms with van der Waals surface area (Å²) in [4.78, 5) is 0. The second kappa shape index (κ2) is 5.55. The van der Waals surface area contributed by atoms with Crippen molar-refractivity contribution in [3.05, 3.63) is 23.3 Å². The first kappa shape index (κ1) is 16.1. The van der Waals surface area contributed by atoms with E-state index in [2.05, 4.69) is 32.9 Å². The van der Waals surface area contributed by atoms with Gasteiger partial charge in [0.05, 0.1) is 0 Å². The predicted molar refractivity (Wildman–Crippen MR) is 96.9 cm³/mol. The number of hydrogen-bond acceptors (Lipinski definition) is 1. The number of allylic oxidation sites excluding steroid dienone is 4. The van der Waals surface area contributed by atoms with E-state index < -0.39 is 0 Å². The van der Waals surface area contributed by atoms with Crippen molar-refractivity contribution >= 4 is 8.46 Å². The van der Waals surface area contributed by atoms with Crippen molar-refractivity contribution < 1.29 is 4.57 Å². The molecule has 4 aliphatic rings. The van der Waals surface area contributed by atoms with Crippen LogP contribution >= 0.6 is 8.46 Å². The van der Waals surface area contributed by atoms with Crippen LogP contribution in [0, 0.1) is 28.6 Å². The first-order chi connectivity index (χ1) is 11.0. The van der Waals surface area contributed by atoms with Crippen LogP contribution in [-0.2, 0) is 4.57 Å². The lowest BCUT2D eigenvalue weighted by Crippen LogP contribution is -2.47. The van der Waals surface area contributed by atoms with E-state index in [4.69, 9.17) is 0 Å². The van der Waals surface area contributed by atoms with Gasteiger partial charge in [0.25, 0.3) is 0 Å². The summed E-state index contributed by atoms with van der Waals surface area (Å²) in [6.07, 6.45) is 15.4. The quantitative estimate of drug-likeness (QED) is 0.393. The molecule has 1 unspecified atom stereocenters. The molecule has 0 bridgehead atoms. The van der Waals surface area contributed by atoms with E-state index in [1.807, 2.05) is 5.57 Å². The van der Waals surface area contributed by atoms with Gasteiger partial charge in [0.2, 0.25) is 0 Å². The van der Waals surface area contributed by atoms with Gasteiger partial charge >= 0.3 is 0 Å². The third kappa shape index (κ3) is 2.18. The van der Waals surface area contributed by atoms with Gasteiger partial charge in [-0.3, -0.25) is 4.57 Å².